The minimum Gasteiger partial charge on any atom is -0.392 e. The molecule has 26 heavy (non-hydrogen) atoms. The van der Waals surface area contributed by atoms with Crippen molar-refractivity contribution in [2.24, 2.45) is 23.5 Å². The quantitative estimate of drug-likeness (QED) is 0.487. The van der Waals surface area contributed by atoms with Gasteiger partial charge in [-0.25, -0.2) is 0 Å². The molecule has 0 radical (unpaired) electrons. The van der Waals surface area contributed by atoms with Crippen LogP contribution >= 0.6 is 0 Å². The largest absolute Gasteiger partial charge is 0.392 e. The molecule has 0 aromatic heterocycles. The fourth-order valence-corrected chi connectivity index (χ4v) is 4.83. The Morgan fingerprint density at radius 1 is 1.19 bits per heavy atom. The molecule has 0 saturated heterocycles. The number of aliphatic hydroxyl groups is 1. The van der Waals surface area contributed by atoms with E-state index in [4.69, 9.17) is 5.73 Å². The summed E-state index contributed by atoms with van der Waals surface area (Å²) >= 11 is 0. The Kier molecular flexibility index (Phi) is 7.10. The molecule has 0 aliphatic heterocycles. The summed E-state index contributed by atoms with van der Waals surface area (Å²) in [7, 11) is 0. The van der Waals surface area contributed by atoms with Crippen LogP contribution < -0.4 is 5.73 Å². The van der Waals surface area contributed by atoms with E-state index in [2.05, 4.69) is 49.4 Å². The van der Waals surface area contributed by atoms with E-state index in [1.54, 1.807) is 5.57 Å². The van der Waals surface area contributed by atoms with Crippen LogP contribution in [0.1, 0.15) is 56.1 Å². The predicted octanol–water partition coefficient (Wildman–Crippen LogP) is 4.95. The van der Waals surface area contributed by atoms with Crippen LogP contribution in [-0.2, 0) is 6.42 Å². The number of unbranched alkanes of at least 4 members (excludes halogenated alkanes) is 2. The van der Waals surface area contributed by atoms with Crippen molar-refractivity contribution >= 4 is 0 Å². The summed E-state index contributed by atoms with van der Waals surface area (Å²) in [6, 6.07) is 8.76. The zero-order chi connectivity index (χ0) is 18.4. The summed E-state index contributed by atoms with van der Waals surface area (Å²) in [4.78, 5) is 0. The third-order valence-corrected chi connectivity index (χ3v) is 6.19. The number of aliphatic hydroxyl groups excluding tert-OH is 1. The Morgan fingerprint density at radius 3 is 2.88 bits per heavy atom. The van der Waals surface area contributed by atoms with E-state index in [1.165, 1.54) is 36.8 Å². The van der Waals surface area contributed by atoms with Gasteiger partial charge in [0.15, 0.2) is 0 Å². The van der Waals surface area contributed by atoms with Crippen LogP contribution in [0.15, 0.2) is 48.1 Å². The summed E-state index contributed by atoms with van der Waals surface area (Å²) in [6.45, 7) is 2.96. The Labute approximate surface area is 159 Å². The minimum atomic E-state index is -0.157. The van der Waals surface area contributed by atoms with E-state index in [9.17, 15) is 5.11 Å². The van der Waals surface area contributed by atoms with E-state index < -0.39 is 0 Å². The number of benzene rings is 1. The number of nitrogens with two attached hydrogens (primary N) is 1. The molecule has 1 fully saturated rings. The molecular formula is C24H35NO. The maximum Gasteiger partial charge on any atom is 0.0611 e. The number of hydrogen-bond acceptors (Lipinski definition) is 2. The van der Waals surface area contributed by atoms with Crippen LogP contribution in [0.3, 0.4) is 0 Å². The third-order valence-electron chi connectivity index (χ3n) is 6.19. The highest BCUT2D eigenvalue weighted by atomic mass is 16.3. The molecule has 2 aliphatic carbocycles. The lowest BCUT2D eigenvalue weighted by Gasteiger charge is -2.18. The second kappa shape index (κ2) is 9.53. The maximum atomic E-state index is 10.5. The zero-order valence-electron chi connectivity index (χ0n) is 16.2. The average Bonchev–Trinajstić information content (AvgIpc) is 3.13. The van der Waals surface area contributed by atoms with Crippen molar-refractivity contribution in [1.29, 1.82) is 0 Å². The van der Waals surface area contributed by atoms with Crippen LogP contribution in [-0.4, -0.2) is 17.8 Å². The predicted molar refractivity (Wildman–Crippen MR) is 110 cm³/mol. The normalized spacial score (nSPS) is 27.9. The van der Waals surface area contributed by atoms with Crippen molar-refractivity contribution in [3.8, 4) is 0 Å². The summed E-state index contributed by atoms with van der Waals surface area (Å²) in [6.07, 6.45) is 16.1. The number of fused-ring (bicyclic) bond motifs is 1. The lowest BCUT2D eigenvalue weighted by Crippen LogP contribution is -2.17. The first kappa shape index (κ1) is 19.4. The number of aryl methyl sites for hydroxylation is 2. The molecule has 2 aliphatic rings. The van der Waals surface area contributed by atoms with Gasteiger partial charge >= 0.3 is 0 Å². The number of allylic oxidation sites excluding steroid dienone is 3. The summed E-state index contributed by atoms with van der Waals surface area (Å²) in [5.74, 6) is 1.57. The van der Waals surface area contributed by atoms with Crippen LogP contribution in [0.5, 0.6) is 0 Å². The highest BCUT2D eigenvalue weighted by Crippen LogP contribution is 2.48. The molecule has 0 amide bonds. The van der Waals surface area contributed by atoms with Gasteiger partial charge in [-0.1, -0.05) is 60.1 Å². The molecule has 3 rings (SSSR count). The first-order chi connectivity index (χ1) is 12.7. The molecule has 0 unspecified atom stereocenters. The Morgan fingerprint density at radius 2 is 2.08 bits per heavy atom. The molecule has 1 aromatic carbocycles. The Bertz CT molecular complexity index is 633. The van der Waals surface area contributed by atoms with Gasteiger partial charge < -0.3 is 10.8 Å². The lowest BCUT2D eigenvalue weighted by molar-refractivity contribution is 0.141. The van der Waals surface area contributed by atoms with Gasteiger partial charge in [-0.3, -0.25) is 0 Å². The van der Waals surface area contributed by atoms with Crippen molar-refractivity contribution in [3.05, 3.63) is 59.2 Å². The number of rotatable bonds is 9. The SMILES string of the molecule is Cc1cccc(CCC=C[C@@H]2[C@H]3CC(CCCCCN)=C[C@H]3C[C@H]2O)c1. The van der Waals surface area contributed by atoms with E-state index in [0.29, 0.717) is 17.8 Å². The molecule has 142 valence electrons. The minimum absolute atomic E-state index is 0.157. The summed E-state index contributed by atoms with van der Waals surface area (Å²) < 4.78 is 0. The molecule has 3 N–H and O–H groups in total. The van der Waals surface area contributed by atoms with Crippen molar-refractivity contribution in [3.63, 3.8) is 0 Å². The van der Waals surface area contributed by atoms with Gasteiger partial charge in [-0.15, -0.1) is 0 Å². The molecule has 1 aromatic rings. The second-order valence-electron chi connectivity index (χ2n) is 8.29. The zero-order valence-corrected chi connectivity index (χ0v) is 16.2. The molecule has 2 nitrogen and oxygen atoms in total. The third kappa shape index (κ3) is 5.08. The highest BCUT2D eigenvalue weighted by Gasteiger charge is 2.42. The van der Waals surface area contributed by atoms with Gasteiger partial charge in [0, 0.05) is 5.92 Å². The molecule has 2 heteroatoms. The monoisotopic (exact) mass is 353 g/mol. The van der Waals surface area contributed by atoms with Gasteiger partial charge in [0.25, 0.3) is 0 Å². The van der Waals surface area contributed by atoms with E-state index in [1.807, 2.05) is 0 Å². The fourth-order valence-electron chi connectivity index (χ4n) is 4.83. The lowest BCUT2D eigenvalue weighted by atomic mass is 9.88. The number of hydrogen-bond donors (Lipinski definition) is 2. The first-order valence-electron chi connectivity index (χ1n) is 10.5. The van der Waals surface area contributed by atoms with Gasteiger partial charge in [-0.2, -0.15) is 0 Å². The van der Waals surface area contributed by atoms with Crippen molar-refractivity contribution < 1.29 is 5.11 Å². The Hall–Kier alpha value is -1.38. The van der Waals surface area contributed by atoms with Crippen molar-refractivity contribution in [1.82, 2.24) is 0 Å². The van der Waals surface area contributed by atoms with E-state index in [0.717, 1.165) is 32.2 Å². The molecule has 0 bridgehead atoms. The summed E-state index contributed by atoms with van der Waals surface area (Å²) in [5, 5.41) is 10.5. The fraction of sp³-hybridized carbons (Fsp3) is 0.583. The van der Waals surface area contributed by atoms with Crippen LogP contribution in [0.25, 0.3) is 0 Å². The highest BCUT2D eigenvalue weighted by molar-refractivity contribution is 5.23. The van der Waals surface area contributed by atoms with Crippen LogP contribution in [0, 0.1) is 24.7 Å². The van der Waals surface area contributed by atoms with Crippen molar-refractivity contribution in [2.45, 2.75) is 64.4 Å². The first-order valence-corrected chi connectivity index (χ1v) is 10.5. The second-order valence-corrected chi connectivity index (χ2v) is 8.29. The van der Waals surface area contributed by atoms with E-state index >= 15 is 0 Å². The molecule has 0 spiro atoms. The molecular weight excluding hydrogens is 318 g/mol. The maximum absolute atomic E-state index is 10.5. The van der Waals surface area contributed by atoms with Gasteiger partial charge in [0.2, 0.25) is 0 Å². The Balaban J connectivity index is 1.47. The molecule has 1 saturated carbocycles. The van der Waals surface area contributed by atoms with Crippen molar-refractivity contribution in [2.75, 3.05) is 6.54 Å². The van der Waals surface area contributed by atoms with Crippen LogP contribution in [0.2, 0.25) is 0 Å². The average molecular weight is 354 g/mol. The van der Waals surface area contributed by atoms with Gasteiger partial charge in [-0.05, 0) is 75.8 Å². The molecule has 4 atom stereocenters. The standard InChI is InChI=1S/C24H35NO/c1-18-8-7-11-19(14-18)9-4-5-12-22-23-16-20(10-3-2-6-13-25)15-21(23)17-24(22)26/h5,7-8,11-12,14-15,21-24,26H,2-4,6,9-10,13,16-17,25H2,1H3/t21-,22+,23-,24+/m0/s1. The van der Waals surface area contributed by atoms with Gasteiger partial charge in [0.1, 0.15) is 0 Å². The van der Waals surface area contributed by atoms with Gasteiger partial charge in [0.05, 0.1) is 6.10 Å². The smallest absolute Gasteiger partial charge is 0.0611 e. The summed E-state index contributed by atoms with van der Waals surface area (Å²) in [5.41, 5.74) is 9.94. The van der Waals surface area contributed by atoms with E-state index in [-0.39, 0.29) is 6.10 Å². The van der Waals surface area contributed by atoms with Crippen LogP contribution in [0.4, 0.5) is 0 Å². The topological polar surface area (TPSA) is 46.2 Å². The molecule has 0 heterocycles.